The van der Waals surface area contributed by atoms with Gasteiger partial charge in [0.15, 0.2) is 5.96 Å². The minimum absolute atomic E-state index is 0.154. The van der Waals surface area contributed by atoms with E-state index in [1.165, 1.54) is 5.69 Å². The first-order valence-electron chi connectivity index (χ1n) is 7.41. The molecule has 0 spiro atoms. The summed E-state index contributed by atoms with van der Waals surface area (Å²) < 4.78 is 2.08. The number of nitrogens with one attached hydrogen (secondary N) is 1. The van der Waals surface area contributed by atoms with Crippen molar-refractivity contribution < 1.29 is 4.79 Å². The van der Waals surface area contributed by atoms with Gasteiger partial charge in [-0.15, -0.1) is 0 Å². The van der Waals surface area contributed by atoms with E-state index in [1.807, 2.05) is 36.2 Å². The average molecular weight is 291 g/mol. The maximum absolute atomic E-state index is 12.0. The molecule has 2 heterocycles. The second kappa shape index (κ2) is 7.15. The van der Waals surface area contributed by atoms with Crippen LogP contribution in [-0.4, -0.2) is 60.0 Å². The number of amides is 1. The quantitative estimate of drug-likeness (QED) is 0.655. The molecule has 116 valence electrons. The van der Waals surface area contributed by atoms with Crippen molar-refractivity contribution in [3.05, 3.63) is 24.0 Å². The second-order valence-electron chi connectivity index (χ2n) is 5.46. The number of guanidine groups is 1. The van der Waals surface area contributed by atoms with Crippen LogP contribution in [0.3, 0.4) is 0 Å². The lowest BCUT2D eigenvalue weighted by Crippen LogP contribution is -2.44. The summed E-state index contributed by atoms with van der Waals surface area (Å²) in [5.41, 5.74) is 1.20. The molecule has 1 N–H and O–H groups in total. The van der Waals surface area contributed by atoms with E-state index in [0.29, 0.717) is 6.54 Å². The second-order valence-corrected chi connectivity index (χ2v) is 5.46. The third-order valence-corrected chi connectivity index (χ3v) is 3.88. The summed E-state index contributed by atoms with van der Waals surface area (Å²) in [7, 11) is 5.74. The predicted octanol–water partition coefficient (Wildman–Crippen LogP) is 0.655. The number of aryl methyl sites for hydroxylation is 1. The van der Waals surface area contributed by atoms with Gasteiger partial charge in [-0.25, -0.2) is 0 Å². The zero-order chi connectivity index (χ0) is 15.2. The molecule has 0 aromatic carbocycles. The molecule has 1 aromatic heterocycles. The Bertz CT molecular complexity index is 502. The Labute approximate surface area is 126 Å². The van der Waals surface area contributed by atoms with Crippen LogP contribution in [0, 0.1) is 0 Å². The molecule has 0 aliphatic carbocycles. The van der Waals surface area contributed by atoms with Crippen LogP contribution in [0.5, 0.6) is 0 Å². The molecular weight excluding hydrogens is 266 g/mol. The van der Waals surface area contributed by atoms with Crippen molar-refractivity contribution in [2.45, 2.75) is 19.4 Å². The number of rotatable bonds is 4. The molecule has 21 heavy (non-hydrogen) atoms. The normalized spacial score (nSPS) is 15.4. The summed E-state index contributed by atoms with van der Waals surface area (Å²) in [5.74, 6) is 0.893. The van der Waals surface area contributed by atoms with Gasteiger partial charge in [0.1, 0.15) is 0 Å². The molecule has 1 saturated heterocycles. The predicted molar refractivity (Wildman–Crippen MR) is 84.1 cm³/mol. The summed E-state index contributed by atoms with van der Waals surface area (Å²) in [6.45, 7) is 2.84. The number of aromatic nitrogens is 1. The first kappa shape index (κ1) is 15.4. The molecule has 0 saturated carbocycles. The lowest BCUT2D eigenvalue weighted by molar-refractivity contribution is -0.128. The lowest BCUT2D eigenvalue weighted by atomic mass is 10.4. The van der Waals surface area contributed by atoms with Gasteiger partial charge >= 0.3 is 0 Å². The van der Waals surface area contributed by atoms with E-state index in [9.17, 15) is 4.79 Å². The summed E-state index contributed by atoms with van der Waals surface area (Å²) >= 11 is 0. The Morgan fingerprint density at radius 3 is 2.71 bits per heavy atom. The number of carbonyl (C=O) groups excluding carboxylic acids is 1. The van der Waals surface area contributed by atoms with E-state index in [4.69, 9.17) is 0 Å². The van der Waals surface area contributed by atoms with Crippen LogP contribution in [0.25, 0.3) is 0 Å². The van der Waals surface area contributed by atoms with Gasteiger partial charge in [-0.1, -0.05) is 0 Å². The first-order valence-corrected chi connectivity index (χ1v) is 7.41. The number of aliphatic imine (C=N–C) groups is 1. The molecule has 0 radical (unpaired) electrons. The van der Waals surface area contributed by atoms with Crippen LogP contribution in [0.2, 0.25) is 0 Å². The minimum Gasteiger partial charge on any atom is -0.353 e. The number of hydrogen-bond donors (Lipinski definition) is 1. The van der Waals surface area contributed by atoms with E-state index in [-0.39, 0.29) is 5.91 Å². The molecule has 0 atom stereocenters. The van der Waals surface area contributed by atoms with Gasteiger partial charge in [0.05, 0.1) is 13.1 Å². The molecule has 2 rings (SSSR count). The van der Waals surface area contributed by atoms with Gasteiger partial charge in [-0.05, 0) is 25.0 Å². The lowest BCUT2D eigenvalue weighted by Gasteiger charge is -2.23. The highest BCUT2D eigenvalue weighted by Crippen LogP contribution is 2.07. The van der Waals surface area contributed by atoms with Crippen molar-refractivity contribution in [3.8, 4) is 0 Å². The fourth-order valence-corrected chi connectivity index (χ4v) is 2.60. The third-order valence-electron chi connectivity index (χ3n) is 3.88. The zero-order valence-corrected chi connectivity index (χ0v) is 13.2. The highest BCUT2D eigenvalue weighted by molar-refractivity contribution is 5.86. The molecule has 6 nitrogen and oxygen atoms in total. The van der Waals surface area contributed by atoms with Crippen molar-refractivity contribution in [2.75, 3.05) is 33.7 Å². The summed E-state index contributed by atoms with van der Waals surface area (Å²) in [6, 6.07) is 4.11. The fraction of sp³-hybridized carbons (Fsp3) is 0.600. The van der Waals surface area contributed by atoms with Crippen LogP contribution in [0.4, 0.5) is 0 Å². The Morgan fingerprint density at radius 1 is 1.43 bits per heavy atom. The van der Waals surface area contributed by atoms with Crippen LogP contribution in [0.1, 0.15) is 18.5 Å². The smallest absolute Gasteiger partial charge is 0.241 e. The number of hydrogen-bond acceptors (Lipinski definition) is 2. The van der Waals surface area contributed by atoms with Crippen LogP contribution < -0.4 is 5.32 Å². The van der Waals surface area contributed by atoms with Crippen LogP contribution in [-0.2, 0) is 18.4 Å². The first-order chi connectivity index (χ1) is 10.1. The average Bonchev–Trinajstić information content (AvgIpc) is 3.12. The summed E-state index contributed by atoms with van der Waals surface area (Å²) in [6.07, 6.45) is 4.26. The van der Waals surface area contributed by atoms with Crippen molar-refractivity contribution in [1.82, 2.24) is 19.7 Å². The van der Waals surface area contributed by atoms with Crippen molar-refractivity contribution >= 4 is 11.9 Å². The van der Waals surface area contributed by atoms with E-state index in [2.05, 4.69) is 20.9 Å². The Balaban J connectivity index is 1.84. The van der Waals surface area contributed by atoms with Gasteiger partial charge < -0.3 is 19.7 Å². The monoisotopic (exact) mass is 291 g/mol. The molecule has 1 fully saturated rings. The molecule has 6 heteroatoms. The summed E-state index contributed by atoms with van der Waals surface area (Å²) in [5, 5.41) is 3.15. The van der Waals surface area contributed by atoms with Crippen molar-refractivity contribution in [1.29, 1.82) is 0 Å². The highest BCUT2D eigenvalue weighted by Gasteiger charge is 2.18. The van der Waals surface area contributed by atoms with Gasteiger partial charge in [0.2, 0.25) is 5.91 Å². The molecule has 1 aromatic rings. The molecule has 1 amide bonds. The number of carbonyl (C=O) groups is 1. The summed E-state index contributed by atoms with van der Waals surface area (Å²) in [4.78, 5) is 20.2. The maximum Gasteiger partial charge on any atom is 0.241 e. The highest BCUT2D eigenvalue weighted by atomic mass is 16.2. The van der Waals surface area contributed by atoms with Crippen LogP contribution in [0.15, 0.2) is 23.3 Å². The molecule has 1 aliphatic rings. The van der Waals surface area contributed by atoms with E-state index < -0.39 is 0 Å². The topological polar surface area (TPSA) is 52.9 Å². The van der Waals surface area contributed by atoms with Gasteiger partial charge in [0, 0.05) is 46.1 Å². The van der Waals surface area contributed by atoms with Crippen molar-refractivity contribution in [3.63, 3.8) is 0 Å². The molecule has 1 aliphatic heterocycles. The van der Waals surface area contributed by atoms with Crippen LogP contribution >= 0.6 is 0 Å². The Hall–Kier alpha value is -1.98. The molecular formula is C15H25N5O. The Morgan fingerprint density at radius 2 is 2.14 bits per heavy atom. The Kier molecular flexibility index (Phi) is 5.25. The van der Waals surface area contributed by atoms with Gasteiger partial charge in [0.25, 0.3) is 0 Å². The van der Waals surface area contributed by atoms with Gasteiger partial charge in [-0.3, -0.25) is 9.79 Å². The molecule has 0 bridgehead atoms. The van der Waals surface area contributed by atoms with E-state index in [1.54, 1.807) is 7.05 Å². The van der Waals surface area contributed by atoms with Crippen molar-refractivity contribution in [2.24, 2.45) is 12.0 Å². The van der Waals surface area contributed by atoms with Gasteiger partial charge in [-0.2, -0.15) is 0 Å². The minimum atomic E-state index is 0.154. The maximum atomic E-state index is 12.0. The zero-order valence-electron chi connectivity index (χ0n) is 13.2. The largest absolute Gasteiger partial charge is 0.353 e. The van der Waals surface area contributed by atoms with E-state index >= 15 is 0 Å². The SMILES string of the molecule is CN=C(NCC(=O)N1CCCC1)N(C)Cc1cccn1C. The standard InChI is InChI=1S/C15H25N5O/c1-16-15(17-11-14(21)20-9-4-5-10-20)19(3)12-13-7-6-8-18(13)2/h6-8H,4-5,9-12H2,1-3H3,(H,16,17). The van der Waals surface area contributed by atoms with E-state index in [0.717, 1.165) is 38.4 Å². The number of likely N-dealkylation sites (tertiary alicyclic amines) is 1. The fourth-order valence-electron chi connectivity index (χ4n) is 2.60. The molecule has 0 unspecified atom stereocenters. The number of nitrogens with zero attached hydrogens (tertiary/aromatic N) is 4. The third kappa shape index (κ3) is 4.00.